The Labute approximate surface area is 77.0 Å². The molecule has 0 saturated heterocycles. The van der Waals surface area contributed by atoms with E-state index in [0.29, 0.717) is 11.1 Å². The van der Waals surface area contributed by atoms with Crippen LogP contribution in [-0.4, -0.2) is 9.97 Å². The van der Waals surface area contributed by atoms with E-state index in [1.165, 1.54) is 19.3 Å². The van der Waals surface area contributed by atoms with Crippen LogP contribution in [0.25, 0.3) is 0 Å². The first-order valence-electron chi connectivity index (χ1n) is 4.27. The van der Waals surface area contributed by atoms with Gasteiger partial charge in [-0.3, -0.25) is 0 Å². The van der Waals surface area contributed by atoms with Crippen LogP contribution in [0.5, 0.6) is 0 Å². The van der Waals surface area contributed by atoms with Crippen LogP contribution >= 0.6 is 11.6 Å². The molecule has 3 heteroatoms. The zero-order valence-electron chi connectivity index (χ0n) is 7.05. The summed E-state index contributed by atoms with van der Waals surface area (Å²) in [5.74, 6) is 1.51. The van der Waals surface area contributed by atoms with Crippen molar-refractivity contribution in [2.24, 2.45) is 0 Å². The third-order valence-corrected chi connectivity index (χ3v) is 2.50. The molecule has 1 saturated carbocycles. The van der Waals surface area contributed by atoms with E-state index in [0.717, 1.165) is 11.5 Å². The van der Waals surface area contributed by atoms with Crippen LogP contribution in [0.2, 0.25) is 5.15 Å². The number of nitrogens with zero attached hydrogens (tertiary/aromatic N) is 2. The molecule has 0 spiro atoms. The van der Waals surface area contributed by atoms with Gasteiger partial charge in [0.2, 0.25) is 0 Å². The molecule has 1 aliphatic carbocycles. The second-order valence-electron chi connectivity index (χ2n) is 3.32. The fourth-order valence-corrected chi connectivity index (χ4v) is 1.65. The average Bonchev–Trinajstić information content (AvgIpc) is 1.79. The summed E-state index contributed by atoms with van der Waals surface area (Å²) in [6.07, 6.45) is 3.75. The molecule has 12 heavy (non-hydrogen) atoms. The first-order chi connectivity index (χ1) is 5.75. The SMILES string of the molecule is Cc1cc(Cl)nc(C2CCC2)n1. The van der Waals surface area contributed by atoms with Crippen molar-refractivity contribution in [1.29, 1.82) is 0 Å². The Hall–Kier alpha value is -0.630. The van der Waals surface area contributed by atoms with Crippen molar-refractivity contribution in [3.05, 3.63) is 22.7 Å². The molecule has 0 atom stereocenters. The first kappa shape index (κ1) is 7.99. The van der Waals surface area contributed by atoms with Crippen LogP contribution in [0.1, 0.15) is 36.7 Å². The molecule has 1 fully saturated rings. The summed E-state index contributed by atoms with van der Waals surface area (Å²) in [5.41, 5.74) is 0.969. The van der Waals surface area contributed by atoms with Crippen molar-refractivity contribution in [3.63, 3.8) is 0 Å². The van der Waals surface area contributed by atoms with Gasteiger partial charge in [0.15, 0.2) is 0 Å². The lowest BCUT2D eigenvalue weighted by atomic mass is 9.85. The Balaban J connectivity index is 2.30. The minimum atomic E-state index is 0.572. The molecule has 64 valence electrons. The summed E-state index contributed by atoms with van der Waals surface area (Å²) in [6.45, 7) is 1.95. The molecule has 0 aromatic carbocycles. The van der Waals surface area contributed by atoms with E-state index in [1.807, 2.05) is 6.92 Å². The van der Waals surface area contributed by atoms with Gasteiger partial charge in [0.1, 0.15) is 11.0 Å². The van der Waals surface area contributed by atoms with Crippen LogP contribution in [0.3, 0.4) is 0 Å². The molecule has 0 amide bonds. The second-order valence-corrected chi connectivity index (χ2v) is 3.71. The lowest BCUT2D eigenvalue weighted by molar-refractivity contribution is 0.400. The van der Waals surface area contributed by atoms with Crippen LogP contribution in [0.4, 0.5) is 0 Å². The fraction of sp³-hybridized carbons (Fsp3) is 0.556. The number of aryl methyl sites for hydroxylation is 1. The minimum absolute atomic E-state index is 0.572. The molecule has 0 aliphatic heterocycles. The summed E-state index contributed by atoms with van der Waals surface area (Å²) >= 11 is 5.82. The number of aromatic nitrogens is 2. The Morgan fingerprint density at radius 2 is 2.17 bits per heavy atom. The third kappa shape index (κ3) is 1.44. The molecule has 1 aliphatic rings. The number of halogens is 1. The Bertz CT molecular complexity index is 274. The largest absolute Gasteiger partial charge is 0.238 e. The second kappa shape index (κ2) is 3.02. The Morgan fingerprint density at radius 3 is 2.67 bits per heavy atom. The van der Waals surface area contributed by atoms with Crippen LogP contribution < -0.4 is 0 Å². The van der Waals surface area contributed by atoms with E-state index in [2.05, 4.69) is 9.97 Å². The highest BCUT2D eigenvalue weighted by Crippen LogP contribution is 2.34. The van der Waals surface area contributed by atoms with E-state index < -0.39 is 0 Å². The number of rotatable bonds is 1. The van der Waals surface area contributed by atoms with Gasteiger partial charge >= 0.3 is 0 Å². The highest BCUT2D eigenvalue weighted by atomic mass is 35.5. The van der Waals surface area contributed by atoms with Gasteiger partial charge in [0.05, 0.1) is 0 Å². The highest BCUT2D eigenvalue weighted by Gasteiger charge is 2.22. The molecule has 1 aromatic heterocycles. The van der Waals surface area contributed by atoms with Crippen molar-refractivity contribution in [3.8, 4) is 0 Å². The van der Waals surface area contributed by atoms with Crippen LogP contribution in [-0.2, 0) is 0 Å². The summed E-state index contributed by atoms with van der Waals surface area (Å²) in [4.78, 5) is 8.57. The predicted molar refractivity (Wildman–Crippen MR) is 48.4 cm³/mol. The van der Waals surface area contributed by atoms with Gasteiger partial charge in [-0.25, -0.2) is 9.97 Å². The fourth-order valence-electron chi connectivity index (χ4n) is 1.40. The maximum absolute atomic E-state index is 5.82. The lowest BCUT2D eigenvalue weighted by Gasteiger charge is -2.23. The summed E-state index contributed by atoms with van der Waals surface area (Å²) in [7, 11) is 0. The normalized spacial score (nSPS) is 17.5. The predicted octanol–water partition coefficient (Wildman–Crippen LogP) is 2.71. The zero-order valence-corrected chi connectivity index (χ0v) is 7.80. The van der Waals surface area contributed by atoms with Crippen molar-refractivity contribution >= 4 is 11.6 Å². The van der Waals surface area contributed by atoms with Gasteiger partial charge < -0.3 is 0 Å². The maximum atomic E-state index is 5.82. The quantitative estimate of drug-likeness (QED) is 0.625. The topological polar surface area (TPSA) is 25.8 Å². The summed E-state index contributed by atoms with van der Waals surface area (Å²) in [6, 6.07) is 1.80. The van der Waals surface area contributed by atoms with E-state index >= 15 is 0 Å². The van der Waals surface area contributed by atoms with Gasteiger partial charge in [-0.1, -0.05) is 18.0 Å². The molecule has 0 N–H and O–H groups in total. The molecule has 1 heterocycles. The monoisotopic (exact) mass is 182 g/mol. The Kier molecular flexibility index (Phi) is 2.01. The van der Waals surface area contributed by atoms with Crippen LogP contribution in [0.15, 0.2) is 6.07 Å². The molecule has 1 aromatic rings. The molecule has 0 unspecified atom stereocenters. The van der Waals surface area contributed by atoms with E-state index in [4.69, 9.17) is 11.6 Å². The van der Waals surface area contributed by atoms with E-state index in [-0.39, 0.29) is 0 Å². The molecular formula is C9H11ClN2. The first-order valence-corrected chi connectivity index (χ1v) is 4.64. The molecule has 2 rings (SSSR count). The van der Waals surface area contributed by atoms with Gasteiger partial charge in [-0.2, -0.15) is 0 Å². The van der Waals surface area contributed by atoms with Gasteiger partial charge in [0.25, 0.3) is 0 Å². The van der Waals surface area contributed by atoms with Crippen molar-refractivity contribution in [1.82, 2.24) is 9.97 Å². The average molecular weight is 183 g/mol. The van der Waals surface area contributed by atoms with Gasteiger partial charge in [0, 0.05) is 11.6 Å². The van der Waals surface area contributed by atoms with Crippen molar-refractivity contribution in [2.75, 3.05) is 0 Å². The zero-order chi connectivity index (χ0) is 8.55. The lowest BCUT2D eigenvalue weighted by Crippen LogP contribution is -2.13. The van der Waals surface area contributed by atoms with E-state index in [9.17, 15) is 0 Å². The molecular weight excluding hydrogens is 172 g/mol. The molecule has 2 nitrogen and oxygen atoms in total. The van der Waals surface area contributed by atoms with E-state index in [1.54, 1.807) is 6.07 Å². The third-order valence-electron chi connectivity index (χ3n) is 2.31. The molecule has 0 bridgehead atoms. The summed E-state index contributed by atoms with van der Waals surface area (Å²) in [5, 5.41) is 0.574. The van der Waals surface area contributed by atoms with Crippen LogP contribution in [0, 0.1) is 6.92 Å². The van der Waals surface area contributed by atoms with Crippen molar-refractivity contribution in [2.45, 2.75) is 32.1 Å². The minimum Gasteiger partial charge on any atom is -0.238 e. The standard InChI is InChI=1S/C9H11ClN2/c1-6-5-8(10)12-9(11-6)7-3-2-4-7/h5,7H,2-4H2,1H3. The van der Waals surface area contributed by atoms with Gasteiger partial charge in [-0.15, -0.1) is 0 Å². The molecule has 0 radical (unpaired) electrons. The Morgan fingerprint density at radius 1 is 1.42 bits per heavy atom. The number of hydrogen-bond acceptors (Lipinski definition) is 2. The summed E-state index contributed by atoms with van der Waals surface area (Å²) < 4.78 is 0. The van der Waals surface area contributed by atoms with Crippen molar-refractivity contribution < 1.29 is 0 Å². The highest BCUT2D eigenvalue weighted by molar-refractivity contribution is 6.29. The van der Waals surface area contributed by atoms with Gasteiger partial charge in [-0.05, 0) is 25.8 Å². The number of hydrogen-bond donors (Lipinski definition) is 0. The maximum Gasteiger partial charge on any atom is 0.133 e. The smallest absolute Gasteiger partial charge is 0.133 e.